The SMILES string of the molecule is CN(CCC(=O)O)C(=O)N[C@@H]1C[C@H]1c1ccc(F)cc1. The van der Waals surface area contributed by atoms with Crippen molar-refractivity contribution in [3.8, 4) is 0 Å². The summed E-state index contributed by atoms with van der Waals surface area (Å²) in [6.07, 6.45) is 0.750. The number of carbonyl (C=O) groups excluding carboxylic acids is 1. The average molecular weight is 280 g/mol. The van der Waals surface area contributed by atoms with Crippen LogP contribution in [0.4, 0.5) is 9.18 Å². The zero-order valence-electron chi connectivity index (χ0n) is 11.2. The number of carbonyl (C=O) groups is 2. The zero-order valence-corrected chi connectivity index (χ0v) is 11.2. The summed E-state index contributed by atoms with van der Waals surface area (Å²) in [5.41, 5.74) is 1.00. The summed E-state index contributed by atoms with van der Waals surface area (Å²) in [6, 6.07) is 6.03. The fourth-order valence-electron chi connectivity index (χ4n) is 2.07. The Kier molecular flexibility index (Phi) is 4.22. The summed E-state index contributed by atoms with van der Waals surface area (Å²) in [5.74, 6) is -0.990. The van der Waals surface area contributed by atoms with E-state index >= 15 is 0 Å². The van der Waals surface area contributed by atoms with E-state index in [9.17, 15) is 14.0 Å². The number of rotatable bonds is 5. The van der Waals surface area contributed by atoms with Crippen LogP contribution in [-0.4, -0.2) is 41.6 Å². The molecule has 0 heterocycles. The Balaban J connectivity index is 1.79. The molecule has 108 valence electrons. The molecule has 6 heteroatoms. The first-order valence-electron chi connectivity index (χ1n) is 6.46. The third-order valence-corrected chi connectivity index (χ3v) is 3.41. The molecule has 1 aliphatic carbocycles. The van der Waals surface area contributed by atoms with Crippen molar-refractivity contribution in [2.75, 3.05) is 13.6 Å². The Morgan fingerprint density at radius 2 is 2.05 bits per heavy atom. The number of nitrogens with zero attached hydrogens (tertiary/aromatic N) is 1. The Hall–Kier alpha value is -2.11. The molecule has 1 aromatic carbocycles. The van der Waals surface area contributed by atoms with Crippen LogP contribution >= 0.6 is 0 Å². The topological polar surface area (TPSA) is 69.6 Å². The van der Waals surface area contributed by atoms with Crippen LogP contribution < -0.4 is 5.32 Å². The highest BCUT2D eigenvalue weighted by atomic mass is 19.1. The van der Waals surface area contributed by atoms with E-state index < -0.39 is 5.97 Å². The zero-order chi connectivity index (χ0) is 14.7. The van der Waals surface area contributed by atoms with Crippen molar-refractivity contribution in [2.45, 2.75) is 24.8 Å². The van der Waals surface area contributed by atoms with Gasteiger partial charge in [-0.05, 0) is 24.1 Å². The normalized spacial score (nSPS) is 20.3. The number of carboxylic acids is 1. The number of amides is 2. The molecule has 1 fully saturated rings. The maximum Gasteiger partial charge on any atom is 0.317 e. The lowest BCUT2D eigenvalue weighted by Crippen LogP contribution is -2.39. The number of hydrogen-bond acceptors (Lipinski definition) is 2. The molecule has 2 rings (SSSR count). The highest BCUT2D eigenvalue weighted by Gasteiger charge is 2.39. The van der Waals surface area contributed by atoms with Crippen LogP contribution in [0.1, 0.15) is 24.3 Å². The number of carboxylic acid groups (broad SMARTS) is 1. The molecule has 20 heavy (non-hydrogen) atoms. The van der Waals surface area contributed by atoms with Gasteiger partial charge in [0.05, 0.1) is 6.42 Å². The lowest BCUT2D eigenvalue weighted by Gasteiger charge is -2.17. The summed E-state index contributed by atoms with van der Waals surface area (Å²) < 4.78 is 12.8. The summed E-state index contributed by atoms with van der Waals surface area (Å²) >= 11 is 0. The summed E-state index contributed by atoms with van der Waals surface area (Å²) in [4.78, 5) is 23.6. The molecule has 1 aliphatic rings. The molecular weight excluding hydrogens is 263 g/mol. The molecule has 5 nitrogen and oxygen atoms in total. The molecule has 0 saturated heterocycles. The first kappa shape index (κ1) is 14.3. The Labute approximate surface area is 116 Å². The second kappa shape index (κ2) is 5.90. The van der Waals surface area contributed by atoms with Crippen molar-refractivity contribution < 1.29 is 19.1 Å². The lowest BCUT2D eigenvalue weighted by molar-refractivity contribution is -0.137. The van der Waals surface area contributed by atoms with E-state index in [0.717, 1.165) is 12.0 Å². The molecule has 1 saturated carbocycles. The van der Waals surface area contributed by atoms with Gasteiger partial charge in [-0.2, -0.15) is 0 Å². The van der Waals surface area contributed by atoms with Crippen molar-refractivity contribution in [1.82, 2.24) is 10.2 Å². The highest BCUT2D eigenvalue weighted by Crippen LogP contribution is 2.40. The summed E-state index contributed by atoms with van der Waals surface area (Å²) in [6.45, 7) is 0.176. The third kappa shape index (κ3) is 3.69. The Morgan fingerprint density at radius 3 is 2.65 bits per heavy atom. The van der Waals surface area contributed by atoms with Gasteiger partial charge in [0.15, 0.2) is 0 Å². The Morgan fingerprint density at radius 1 is 1.40 bits per heavy atom. The van der Waals surface area contributed by atoms with Gasteiger partial charge in [-0.1, -0.05) is 12.1 Å². The maximum atomic E-state index is 12.8. The number of nitrogens with one attached hydrogen (secondary N) is 1. The molecule has 0 spiro atoms. The van der Waals surface area contributed by atoms with Crippen molar-refractivity contribution in [3.63, 3.8) is 0 Å². The molecule has 1 aromatic rings. The summed E-state index contributed by atoms with van der Waals surface area (Å²) in [7, 11) is 1.56. The Bertz CT molecular complexity index is 504. The van der Waals surface area contributed by atoms with Crippen molar-refractivity contribution >= 4 is 12.0 Å². The quantitative estimate of drug-likeness (QED) is 0.864. The number of aliphatic carboxylic acids is 1. The van der Waals surface area contributed by atoms with Gasteiger partial charge in [0, 0.05) is 25.6 Å². The monoisotopic (exact) mass is 280 g/mol. The molecule has 0 unspecified atom stereocenters. The molecule has 2 amide bonds. The van der Waals surface area contributed by atoms with Crippen molar-refractivity contribution in [1.29, 1.82) is 0 Å². The van der Waals surface area contributed by atoms with Crippen LogP contribution in [0.15, 0.2) is 24.3 Å². The highest BCUT2D eigenvalue weighted by molar-refractivity contribution is 5.75. The number of urea groups is 1. The molecule has 0 aromatic heterocycles. The summed E-state index contributed by atoms with van der Waals surface area (Å²) in [5, 5.41) is 11.4. The first-order chi connectivity index (χ1) is 9.47. The lowest BCUT2D eigenvalue weighted by atomic mass is 10.1. The largest absolute Gasteiger partial charge is 0.481 e. The van der Waals surface area contributed by atoms with E-state index in [4.69, 9.17) is 5.11 Å². The van der Waals surface area contributed by atoms with Crippen molar-refractivity contribution in [2.24, 2.45) is 0 Å². The minimum Gasteiger partial charge on any atom is -0.481 e. The smallest absolute Gasteiger partial charge is 0.317 e. The van der Waals surface area contributed by atoms with Gasteiger partial charge in [-0.25, -0.2) is 9.18 Å². The van der Waals surface area contributed by atoms with Crippen LogP contribution in [0, 0.1) is 5.82 Å². The van der Waals surface area contributed by atoms with Gasteiger partial charge in [0.1, 0.15) is 5.82 Å². The minimum absolute atomic E-state index is 0.0419. The molecule has 2 N–H and O–H groups in total. The molecule has 0 radical (unpaired) electrons. The van der Waals surface area contributed by atoms with Crippen LogP contribution in [-0.2, 0) is 4.79 Å². The first-order valence-corrected chi connectivity index (χ1v) is 6.46. The predicted molar refractivity (Wildman–Crippen MR) is 71.0 cm³/mol. The van der Waals surface area contributed by atoms with Crippen molar-refractivity contribution in [3.05, 3.63) is 35.6 Å². The second-order valence-corrected chi connectivity index (χ2v) is 5.02. The van der Waals surface area contributed by atoms with E-state index in [1.165, 1.54) is 17.0 Å². The number of benzene rings is 1. The van der Waals surface area contributed by atoms with Gasteiger partial charge in [0.25, 0.3) is 0 Å². The van der Waals surface area contributed by atoms with Gasteiger partial charge in [-0.15, -0.1) is 0 Å². The predicted octanol–water partition coefficient (Wildman–Crippen LogP) is 1.80. The van der Waals surface area contributed by atoms with Gasteiger partial charge in [0.2, 0.25) is 0 Å². The van der Waals surface area contributed by atoms with E-state index in [2.05, 4.69) is 5.32 Å². The van der Waals surface area contributed by atoms with E-state index in [1.807, 2.05) is 0 Å². The number of hydrogen-bond donors (Lipinski definition) is 2. The minimum atomic E-state index is -0.930. The van der Waals surface area contributed by atoms with Gasteiger partial charge < -0.3 is 15.3 Å². The van der Waals surface area contributed by atoms with Crippen LogP contribution in [0.25, 0.3) is 0 Å². The second-order valence-electron chi connectivity index (χ2n) is 5.02. The molecule has 0 bridgehead atoms. The fourth-order valence-corrected chi connectivity index (χ4v) is 2.07. The third-order valence-electron chi connectivity index (χ3n) is 3.41. The molecular formula is C14H17FN2O3. The standard InChI is InChI=1S/C14H17FN2O3/c1-17(7-6-13(18)19)14(20)16-12-8-11(12)9-2-4-10(15)5-3-9/h2-5,11-12H,6-8H2,1H3,(H,16,20)(H,18,19)/t11-,12+/m0/s1. The number of halogens is 1. The van der Waals surface area contributed by atoms with E-state index in [0.29, 0.717) is 0 Å². The molecule has 0 aliphatic heterocycles. The maximum absolute atomic E-state index is 12.8. The molecule has 2 atom stereocenters. The van der Waals surface area contributed by atoms with Gasteiger partial charge >= 0.3 is 12.0 Å². The van der Waals surface area contributed by atoms with Gasteiger partial charge in [-0.3, -0.25) is 4.79 Å². The van der Waals surface area contributed by atoms with E-state index in [-0.39, 0.29) is 36.8 Å². The average Bonchev–Trinajstić information content (AvgIpc) is 3.15. The fraction of sp³-hybridized carbons (Fsp3) is 0.429. The van der Waals surface area contributed by atoms with Crippen LogP contribution in [0.3, 0.4) is 0 Å². The van der Waals surface area contributed by atoms with Crippen LogP contribution in [0.5, 0.6) is 0 Å². The van der Waals surface area contributed by atoms with Crippen LogP contribution in [0.2, 0.25) is 0 Å². The van der Waals surface area contributed by atoms with E-state index in [1.54, 1.807) is 19.2 Å².